The lowest BCUT2D eigenvalue weighted by molar-refractivity contribution is -0.124. The first-order valence-electron chi connectivity index (χ1n) is 10.3. The molecule has 2 fully saturated rings. The SMILES string of the molecule is CC(Nc1cc(CC2CC2)n2ncc(/C=C3\CC(=O)NC3=O)c2n1)c1ccccc1. The molecule has 7 heteroatoms. The minimum absolute atomic E-state index is 0.0914. The number of imide groups is 1. The van der Waals surface area contributed by atoms with E-state index < -0.39 is 0 Å². The van der Waals surface area contributed by atoms with E-state index in [0.29, 0.717) is 17.1 Å². The first-order valence-corrected chi connectivity index (χ1v) is 10.3. The van der Waals surface area contributed by atoms with E-state index in [4.69, 9.17) is 4.98 Å². The van der Waals surface area contributed by atoms with Gasteiger partial charge in [0.1, 0.15) is 5.82 Å². The Labute approximate surface area is 174 Å². The van der Waals surface area contributed by atoms with Gasteiger partial charge in [-0.1, -0.05) is 30.3 Å². The van der Waals surface area contributed by atoms with E-state index in [1.54, 1.807) is 12.3 Å². The number of nitrogens with one attached hydrogen (secondary N) is 2. The average Bonchev–Trinajstić information content (AvgIpc) is 3.37. The molecule has 1 unspecified atom stereocenters. The smallest absolute Gasteiger partial charge is 0.254 e. The summed E-state index contributed by atoms with van der Waals surface area (Å²) in [7, 11) is 0. The highest BCUT2D eigenvalue weighted by Gasteiger charge is 2.26. The second-order valence-corrected chi connectivity index (χ2v) is 8.12. The Morgan fingerprint density at radius 3 is 2.77 bits per heavy atom. The van der Waals surface area contributed by atoms with Gasteiger partial charge < -0.3 is 5.32 Å². The van der Waals surface area contributed by atoms with Gasteiger partial charge in [-0.2, -0.15) is 5.10 Å². The van der Waals surface area contributed by atoms with Gasteiger partial charge in [-0.3, -0.25) is 14.9 Å². The summed E-state index contributed by atoms with van der Waals surface area (Å²) in [5.41, 5.74) is 4.15. The van der Waals surface area contributed by atoms with Crippen molar-refractivity contribution in [1.82, 2.24) is 19.9 Å². The summed E-state index contributed by atoms with van der Waals surface area (Å²) in [6.45, 7) is 2.11. The van der Waals surface area contributed by atoms with Crippen LogP contribution in [0, 0.1) is 5.92 Å². The summed E-state index contributed by atoms with van der Waals surface area (Å²) in [5, 5.41) is 10.4. The van der Waals surface area contributed by atoms with Crippen LogP contribution >= 0.6 is 0 Å². The molecule has 2 amide bonds. The predicted molar refractivity (Wildman–Crippen MR) is 114 cm³/mol. The number of amides is 2. The van der Waals surface area contributed by atoms with Gasteiger partial charge in [-0.25, -0.2) is 9.50 Å². The van der Waals surface area contributed by atoms with Gasteiger partial charge in [0.2, 0.25) is 5.91 Å². The molecule has 5 rings (SSSR count). The second-order valence-electron chi connectivity index (χ2n) is 8.12. The highest BCUT2D eigenvalue weighted by molar-refractivity contribution is 6.15. The molecule has 7 nitrogen and oxygen atoms in total. The highest BCUT2D eigenvalue weighted by Crippen LogP contribution is 2.33. The van der Waals surface area contributed by atoms with Gasteiger partial charge in [0.15, 0.2) is 5.65 Å². The van der Waals surface area contributed by atoms with E-state index in [1.807, 2.05) is 22.7 Å². The van der Waals surface area contributed by atoms with Crippen molar-refractivity contribution in [2.24, 2.45) is 5.92 Å². The molecule has 1 atom stereocenters. The van der Waals surface area contributed by atoms with Crippen LogP contribution in [0.2, 0.25) is 0 Å². The standard InChI is InChI=1S/C23H23N5O2/c1-14(16-5-3-2-4-6-16)25-20-12-19(9-15-7-8-15)28-22(26-20)18(13-24-28)10-17-11-21(29)27-23(17)30/h2-6,10,12-15H,7-9,11H2,1H3,(H,25,26)(H,27,29,30)/b17-10+. The van der Waals surface area contributed by atoms with Crippen LogP contribution in [0.4, 0.5) is 5.82 Å². The normalized spacial score (nSPS) is 18.8. The van der Waals surface area contributed by atoms with E-state index in [9.17, 15) is 9.59 Å². The highest BCUT2D eigenvalue weighted by atomic mass is 16.2. The number of benzene rings is 1. The molecule has 2 aromatic heterocycles. The van der Waals surface area contributed by atoms with Crippen molar-refractivity contribution in [2.45, 2.75) is 38.6 Å². The molecule has 1 aliphatic carbocycles. The van der Waals surface area contributed by atoms with Crippen molar-refractivity contribution in [2.75, 3.05) is 5.32 Å². The van der Waals surface area contributed by atoms with Crippen LogP contribution in [-0.4, -0.2) is 26.4 Å². The van der Waals surface area contributed by atoms with E-state index >= 15 is 0 Å². The topological polar surface area (TPSA) is 88.4 Å². The van der Waals surface area contributed by atoms with E-state index in [1.165, 1.54) is 18.4 Å². The number of hydrogen-bond donors (Lipinski definition) is 2. The maximum atomic E-state index is 12.0. The number of carbonyl (C=O) groups excluding carboxylic acids is 2. The van der Waals surface area contributed by atoms with Crippen molar-refractivity contribution in [3.63, 3.8) is 0 Å². The minimum atomic E-state index is -0.343. The lowest BCUT2D eigenvalue weighted by Crippen LogP contribution is -2.19. The van der Waals surface area contributed by atoms with Gasteiger partial charge >= 0.3 is 0 Å². The zero-order valence-corrected chi connectivity index (χ0v) is 16.8. The Balaban J connectivity index is 1.53. The molecule has 3 aromatic rings. The van der Waals surface area contributed by atoms with E-state index in [2.05, 4.69) is 40.9 Å². The molecular formula is C23H23N5O2. The van der Waals surface area contributed by atoms with Crippen molar-refractivity contribution in [3.8, 4) is 0 Å². The Morgan fingerprint density at radius 2 is 2.07 bits per heavy atom. The van der Waals surface area contributed by atoms with Gasteiger partial charge in [0.25, 0.3) is 5.91 Å². The van der Waals surface area contributed by atoms with Crippen LogP contribution in [0.25, 0.3) is 11.7 Å². The van der Waals surface area contributed by atoms with Gasteiger partial charge in [-0.15, -0.1) is 0 Å². The van der Waals surface area contributed by atoms with Crippen LogP contribution < -0.4 is 10.6 Å². The first kappa shape index (κ1) is 18.5. The fraction of sp³-hybridized carbons (Fsp3) is 0.304. The maximum Gasteiger partial charge on any atom is 0.254 e. The van der Waals surface area contributed by atoms with Crippen LogP contribution in [0.15, 0.2) is 48.2 Å². The summed E-state index contributed by atoms with van der Waals surface area (Å²) < 4.78 is 1.86. The van der Waals surface area contributed by atoms with E-state index in [0.717, 1.165) is 23.5 Å². The largest absolute Gasteiger partial charge is 0.363 e. The fourth-order valence-electron chi connectivity index (χ4n) is 3.84. The van der Waals surface area contributed by atoms with Gasteiger partial charge in [0, 0.05) is 28.9 Å². The fourth-order valence-corrected chi connectivity index (χ4v) is 3.84. The summed E-state index contributed by atoms with van der Waals surface area (Å²) in [6.07, 6.45) is 6.96. The van der Waals surface area contributed by atoms with Crippen LogP contribution in [-0.2, 0) is 16.0 Å². The lowest BCUT2D eigenvalue weighted by atomic mass is 10.1. The monoisotopic (exact) mass is 401 g/mol. The molecule has 1 saturated heterocycles. The number of hydrogen-bond acceptors (Lipinski definition) is 5. The Hall–Kier alpha value is -3.48. The molecule has 0 bridgehead atoms. The number of aromatic nitrogens is 3. The number of fused-ring (bicyclic) bond motifs is 1. The molecular weight excluding hydrogens is 378 g/mol. The molecule has 1 aromatic carbocycles. The molecule has 30 heavy (non-hydrogen) atoms. The lowest BCUT2D eigenvalue weighted by Gasteiger charge is -2.16. The zero-order valence-electron chi connectivity index (χ0n) is 16.8. The summed E-state index contributed by atoms with van der Waals surface area (Å²) >= 11 is 0. The molecule has 0 spiro atoms. The van der Waals surface area contributed by atoms with Crippen LogP contribution in [0.1, 0.15) is 49.0 Å². The Morgan fingerprint density at radius 1 is 1.27 bits per heavy atom. The number of carbonyl (C=O) groups is 2. The molecule has 152 valence electrons. The minimum Gasteiger partial charge on any atom is -0.363 e. The summed E-state index contributed by atoms with van der Waals surface area (Å²) in [4.78, 5) is 28.3. The molecule has 2 N–H and O–H groups in total. The predicted octanol–water partition coefficient (Wildman–Crippen LogP) is 3.28. The molecule has 2 aliphatic rings. The van der Waals surface area contributed by atoms with Gasteiger partial charge in [0.05, 0.1) is 12.6 Å². The van der Waals surface area contributed by atoms with Crippen molar-refractivity contribution in [1.29, 1.82) is 0 Å². The quantitative estimate of drug-likeness (QED) is 0.489. The summed E-state index contributed by atoms with van der Waals surface area (Å²) in [6, 6.07) is 12.4. The Bertz CT molecular complexity index is 1160. The average molecular weight is 401 g/mol. The second kappa shape index (κ2) is 7.40. The first-order chi connectivity index (χ1) is 14.6. The van der Waals surface area contributed by atoms with Crippen LogP contribution in [0.3, 0.4) is 0 Å². The molecule has 0 radical (unpaired) electrons. The third kappa shape index (κ3) is 3.70. The third-order valence-corrected chi connectivity index (χ3v) is 5.66. The van der Waals surface area contributed by atoms with Gasteiger partial charge in [-0.05, 0) is 43.7 Å². The molecule has 1 saturated carbocycles. The van der Waals surface area contributed by atoms with Crippen molar-refractivity contribution in [3.05, 3.63) is 65.0 Å². The van der Waals surface area contributed by atoms with Crippen LogP contribution in [0.5, 0.6) is 0 Å². The van der Waals surface area contributed by atoms with Crippen molar-refractivity contribution < 1.29 is 9.59 Å². The zero-order chi connectivity index (χ0) is 20.7. The third-order valence-electron chi connectivity index (χ3n) is 5.66. The van der Waals surface area contributed by atoms with Crippen molar-refractivity contribution >= 4 is 29.4 Å². The Kier molecular flexibility index (Phi) is 4.58. The number of rotatable bonds is 6. The number of nitrogens with zero attached hydrogens (tertiary/aromatic N) is 3. The molecule has 3 heterocycles. The number of anilines is 1. The molecule has 1 aliphatic heterocycles. The summed E-state index contributed by atoms with van der Waals surface area (Å²) in [5.74, 6) is 0.856. The van der Waals surface area contributed by atoms with E-state index in [-0.39, 0.29) is 24.3 Å². The maximum absolute atomic E-state index is 12.0.